The zero-order valence-electron chi connectivity index (χ0n) is 8.99. The second-order valence-corrected chi connectivity index (χ2v) is 3.14. The molecule has 1 aliphatic rings. The minimum absolute atomic E-state index is 0.330. The highest BCUT2D eigenvalue weighted by molar-refractivity contribution is 5.89. The number of esters is 1. The van der Waals surface area contributed by atoms with Crippen molar-refractivity contribution in [1.82, 2.24) is 4.90 Å². The normalized spacial score (nSPS) is 15.6. The number of ether oxygens (including phenoxy) is 2. The maximum atomic E-state index is 11.4. The molecule has 0 saturated carbocycles. The maximum Gasteiger partial charge on any atom is 0.413 e. The molecule has 0 bridgehead atoms. The maximum absolute atomic E-state index is 11.4. The number of carbonyl (C=O) groups is 2. The van der Waals surface area contributed by atoms with Gasteiger partial charge in [-0.1, -0.05) is 0 Å². The van der Waals surface area contributed by atoms with Crippen molar-refractivity contribution in [3.63, 3.8) is 0 Å². The topological polar surface area (TPSA) is 55.8 Å². The van der Waals surface area contributed by atoms with Gasteiger partial charge in [0.15, 0.2) is 0 Å². The van der Waals surface area contributed by atoms with E-state index >= 15 is 0 Å². The van der Waals surface area contributed by atoms with Crippen LogP contribution >= 0.6 is 0 Å². The second kappa shape index (κ2) is 5.38. The van der Waals surface area contributed by atoms with E-state index in [-0.39, 0.29) is 5.97 Å². The Kier molecular flexibility index (Phi) is 4.15. The van der Waals surface area contributed by atoms with Crippen LogP contribution in [0.25, 0.3) is 0 Å². The van der Waals surface area contributed by atoms with Crippen LogP contribution in [0.1, 0.15) is 19.8 Å². The molecule has 15 heavy (non-hydrogen) atoms. The van der Waals surface area contributed by atoms with Gasteiger partial charge in [0.05, 0.1) is 19.3 Å². The molecule has 0 aliphatic carbocycles. The van der Waals surface area contributed by atoms with Crippen LogP contribution in [-0.2, 0) is 14.3 Å². The van der Waals surface area contributed by atoms with Gasteiger partial charge < -0.3 is 9.47 Å². The third-order valence-corrected chi connectivity index (χ3v) is 2.11. The summed E-state index contributed by atoms with van der Waals surface area (Å²) in [5, 5.41) is 0. The molecule has 1 amide bonds. The van der Waals surface area contributed by atoms with E-state index in [0.29, 0.717) is 25.1 Å². The van der Waals surface area contributed by atoms with Crippen LogP contribution in [0.4, 0.5) is 4.79 Å². The molecule has 0 spiro atoms. The minimum atomic E-state index is -0.418. The van der Waals surface area contributed by atoms with Gasteiger partial charge in [-0.05, 0) is 19.8 Å². The van der Waals surface area contributed by atoms with E-state index in [4.69, 9.17) is 4.74 Å². The standard InChI is InChI=1S/C10H15NO4/c1-3-15-10(13)11-6-4-5-8(7-11)9(12)14-2/h7H,3-6H2,1-2H3. The van der Waals surface area contributed by atoms with Gasteiger partial charge in [0.2, 0.25) is 0 Å². The lowest BCUT2D eigenvalue weighted by Gasteiger charge is -2.23. The molecule has 0 aromatic rings. The van der Waals surface area contributed by atoms with E-state index in [1.165, 1.54) is 18.2 Å². The molecular weight excluding hydrogens is 198 g/mol. The third-order valence-electron chi connectivity index (χ3n) is 2.11. The summed E-state index contributed by atoms with van der Waals surface area (Å²) in [4.78, 5) is 24.0. The Morgan fingerprint density at radius 2 is 2.27 bits per heavy atom. The molecule has 0 atom stereocenters. The van der Waals surface area contributed by atoms with Gasteiger partial charge in [0.1, 0.15) is 0 Å². The van der Waals surface area contributed by atoms with Crippen LogP contribution in [0.15, 0.2) is 11.8 Å². The third kappa shape index (κ3) is 2.97. The van der Waals surface area contributed by atoms with E-state index in [1.54, 1.807) is 6.92 Å². The predicted octanol–water partition coefficient (Wildman–Crippen LogP) is 1.30. The van der Waals surface area contributed by atoms with Crippen molar-refractivity contribution in [3.8, 4) is 0 Å². The van der Waals surface area contributed by atoms with Crippen LogP contribution in [0.3, 0.4) is 0 Å². The largest absolute Gasteiger partial charge is 0.466 e. The van der Waals surface area contributed by atoms with Gasteiger partial charge in [0, 0.05) is 12.7 Å². The van der Waals surface area contributed by atoms with Crippen LogP contribution in [0.5, 0.6) is 0 Å². The molecule has 1 aliphatic heterocycles. The Bertz CT molecular complexity index is 285. The summed E-state index contributed by atoms with van der Waals surface area (Å²) < 4.78 is 9.43. The van der Waals surface area contributed by atoms with Gasteiger partial charge >= 0.3 is 12.1 Å². The molecule has 0 fully saturated rings. The first-order chi connectivity index (χ1) is 7.19. The zero-order valence-corrected chi connectivity index (χ0v) is 8.99. The lowest BCUT2D eigenvalue weighted by atomic mass is 10.1. The summed E-state index contributed by atoms with van der Waals surface area (Å²) in [5.41, 5.74) is 0.511. The molecule has 84 valence electrons. The molecule has 0 aromatic carbocycles. The van der Waals surface area contributed by atoms with Gasteiger partial charge in [0.25, 0.3) is 0 Å². The summed E-state index contributed by atoms with van der Waals surface area (Å²) in [6.45, 7) is 2.66. The van der Waals surface area contributed by atoms with Gasteiger partial charge in [-0.15, -0.1) is 0 Å². The summed E-state index contributed by atoms with van der Waals surface area (Å²) in [5.74, 6) is -0.385. The number of hydrogen-bond acceptors (Lipinski definition) is 4. The molecule has 5 heteroatoms. The van der Waals surface area contributed by atoms with Crippen molar-refractivity contribution in [1.29, 1.82) is 0 Å². The Morgan fingerprint density at radius 1 is 1.53 bits per heavy atom. The van der Waals surface area contributed by atoms with Crippen molar-refractivity contribution < 1.29 is 19.1 Å². The molecule has 0 aromatic heterocycles. The molecule has 0 N–H and O–H groups in total. The van der Waals surface area contributed by atoms with Crippen LogP contribution in [0.2, 0.25) is 0 Å². The lowest BCUT2D eigenvalue weighted by molar-refractivity contribution is -0.136. The van der Waals surface area contributed by atoms with E-state index in [9.17, 15) is 9.59 Å². The first-order valence-corrected chi connectivity index (χ1v) is 4.91. The van der Waals surface area contributed by atoms with E-state index in [1.807, 2.05) is 0 Å². The smallest absolute Gasteiger partial charge is 0.413 e. The van der Waals surface area contributed by atoms with Crippen LogP contribution in [-0.4, -0.2) is 37.2 Å². The highest BCUT2D eigenvalue weighted by atomic mass is 16.6. The van der Waals surface area contributed by atoms with Crippen LogP contribution in [0, 0.1) is 0 Å². The zero-order chi connectivity index (χ0) is 11.3. The number of amides is 1. The molecule has 0 radical (unpaired) electrons. The Morgan fingerprint density at radius 3 is 2.87 bits per heavy atom. The van der Waals surface area contributed by atoms with E-state index in [2.05, 4.69) is 4.74 Å². The SMILES string of the molecule is CCOC(=O)N1C=C(C(=O)OC)CCC1. The van der Waals surface area contributed by atoms with E-state index < -0.39 is 6.09 Å². The fourth-order valence-electron chi connectivity index (χ4n) is 1.39. The molecule has 0 saturated heterocycles. The summed E-state index contributed by atoms with van der Waals surface area (Å²) >= 11 is 0. The molecule has 0 unspecified atom stereocenters. The highest BCUT2D eigenvalue weighted by Crippen LogP contribution is 2.16. The van der Waals surface area contributed by atoms with Crippen molar-refractivity contribution in [2.24, 2.45) is 0 Å². The molecular formula is C10H15NO4. The average Bonchev–Trinajstić information content (AvgIpc) is 2.28. The summed E-state index contributed by atoms with van der Waals surface area (Å²) in [7, 11) is 1.33. The van der Waals surface area contributed by atoms with Crippen LogP contribution < -0.4 is 0 Å². The molecule has 1 rings (SSSR count). The number of carbonyl (C=O) groups excluding carboxylic acids is 2. The Labute approximate surface area is 88.6 Å². The minimum Gasteiger partial charge on any atom is -0.466 e. The Balaban J connectivity index is 2.68. The first kappa shape index (κ1) is 11.6. The summed E-state index contributed by atoms with van der Waals surface area (Å²) in [6, 6.07) is 0. The van der Waals surface area contributed by atoms with Crippen molar-refractivity contribution in [3.05, 3.63) is 11.8 Å². The summed E-state index contributed by atoms with van der Waals surface area (Å²) in [6.07, 6.45) is 2.48. The van der Waals surface area contributed by atoms with E-state index in [0.717, 1.165) is 6.42 Å². The van der Waals surface area contributed by atoms with Gasteiger partial charge in [-0.3, -0.25) is 4.90 Å². The fourth-order valence-corrected chi connectivity index (χ4v) is 1.39. The van der Waals surface area contributed by atoms with Gasteiger partial charge in [-0.25, -0.2) is 9.59 Å². The van der Waals surface area contributed by atoms with Gasteiger partial charge in [-0.2, -0.15) is 0 Å². The number of methoxy groups -OCH3 is 1. The number of rotatable bonds is 2. The average molecular weight is 213 g/mol. The molecule has 5 nitrogen and oxygen atoms in total. The monoisotopic (exact) mass is 213 g/mol. The van der Waals surface area contributed by atoms with Crippen molar-refractivity contribution >= 4 is 12.1 Å². The number of nitrogens with zero attached hydrogens (tertiary/aromatic N) is 1. The fraction of sp³-hybridized carbons (Fsp3) is 0.600. The number of hydrogen-bond donors (Lipinski definition) is 0. The highest BCUT2D eigenvalue weighted by Gasteiger charge is 2.21. The Hall–Kier alpha value is -1.52. The first-order valence-electron chi connectivity index (χ1n) is 4.91. The molecule has 1 heterocycles. The quantitative estimate of drug-likeness (QED) is 0.649. The second-order valence-electron chi connectivity index (χ2n) is 3.14. The predicted molar refractivity (Wildman–Crippen MR) is 53.1 cm³/mol. The van der Waals surface area contributed by atoms with Crippen molar-refractivity contribution in [2.45, 2.75) is 19.8 Å². The van der Waals surface area contributed by atoms with Crippen molar-refractivity contribution in [2.75, 3.05) is 20.3 Å². The lowest BCUT2D eigenvalue weighted by Crippen LogP contribution is -2.31.